The zero-order chi connectivity index (χ0) is 15.3. The molecule has 0 saturated heterocycles. The van der Waals surface area contributed by atoms with Crippen LogP contribution in [0.2, 0.25) is 0 Å². The minimum absolute atomic E-state index is 0.0196. The second kappa shape index (κ2) is 7.07. The number of nitrogens with zero attached hydrogens (tertiary/aromatic N) is 1. The van der Waals surface area contributed by atoms with Crippen molar-refractivity contribution in [1.29, 1.82) is 0 Å². The molecule has 0 radical (unpaired) electrons. The van der Waals surface area contributed by atoms with Gasteiger partial charge < -0.3 is 16.4 Å². The fraction of sp³-hybridized carbons (Fsp3) is 0.867. The maximum absolute atomic E-state index is 12.4. The van der Waals surface area contributed by atoms with E-state index in [2.05, 4.69) is 20.8 Å². The zero-order valence-corrected chi connectivity index (χ0v) is 13.0. The molecule has 1 rings (SSSR count). The van der Waals surface area contributed by atoms with Gasteiger partial charge in [0.1, 0.15) is 0 Å². The second-order valence-electron chi connectivity index (χ2n) is 7.16. The topological polar surface area (TPSA) is 89.4 Å². The first-order valence-corrected chi connectivity index (χ1v) is 7.52. The van der Waals surface area contributed by atoms with E-state index in [-0.39, 0.29) is 30.0 Å². The molecule has 0 aromatic carbocycles. The smallest absolute Gasteiger partial charge is 0.237 e. The van der Waals surface area contributed by atoms with E-state index >= 15 is 0 Å². The van der Waals surface area contributed by atoms with Crippen molar-refractivity contribution in [2.24, 2.45) is 16.9 Å². The van der Waals surface area contributed by atoms with Crippen LogP contribution in [0.1, 0.15) is 59.3 Å². The minimum atomic E-state index is -0.449. The molecule has 1 aliphatic carbocycles. The average molecular weight is 283 g/mol. The molecule has 5 heteroatoms. The van der Waals surface area contributed by atoms with Crippen molar-refractivity contribution in [2.45, 2.75) is 71.4 Å². The molecule has 0 heterocycles. The van der Waals surface area contributed by atoms with Crippen LogP contribution in [-0.4, -0.2) is 35.3 Å². The summed E-state index contributed by atoms with van der Waals surface area (Å²) in [6, 6.07) is -0.00360. The number of amides is 2. The number of nitrogens with two attached hydrogens (primary N) is 2. The Morgan fingerprint density at radius 1 is 1.25 bits per heavy atom. The van der Waals surface area contributed by atoms with E-state index in [0.29, 0.717) is 6.42 Å². The molecule has 4 N–H and O–H groups in total. The molecule has 1 aliphatic rings. The van der Waals surface area contributed by atoms with Gasteiger partial charge in [0.15, 0.2) is 0 Å². The Morgan fingerprint density at radius 3 is 2.25 bits per heavy atom. The summed E-state index contributed by atoms with van der Waals surface area (Å²) in [5.41, 5.74) is 11.4. The van der Waals surface area contributed by atoms with Crippen molar-refractivity contribution in [2.75, 3.05) is 6.54 Å². The van der Waals surface area contributed by atoms with E-state index < -0.39 is 5.91 Å². The summed E-state index contributed by atoms with van der Waals surface area (Å²) in [6.45, 7) is 6.34. The van der Waals surface area contributed by atoms with Crippen LogP contribution in [0.25, 0.3) is 0 Å². The summed E-state index contributed by atoms with van der Waals surface area (Å²) in [6.07, 6.45) is 5.23. The molecule has 5 nitrogen and oxygen atoms in total. The van der Waals surface area contributed by atoms with Crippen molar-refractivity contribution in [3.63, 3.8) is 0 Å². The van der Waals surface area contributed by atoms with E-state index in [0.717, 1.165) is 32.1 Å². The highest BCUT2D eigenvalue weighted by Gasteiger charge is 2.29. The van der Waals surface area contributed by atoms with Crippen LogP contribution in [0.4, 0.5) is 0 Å². The minimum Gasteiger partial charge on any atom is -0.368 e. The van der Waals surface area contributed by atoms with Gasteiger partial charge in [-0.2, -0.15) is 0 Å². The number of primary amides is 1. The molecule has 0 aromatic heterocycles. The van der Waals surface area contributed by atoms with Gasteiger partial charge >= 0.3 is 0 Å². The largest absolute Gasteiger partial charge is 0.368 e. The van der Waals surface area contributed by atoms with Gasteiger partial charge in [-0.3, -0.25) is 9.59 Å². The van der Waals surface area contributed by atoms with Gasteiger partial charge in [-0.05, 0) is 24.7 Å². The summed E-state index contributed by atoms with van der Waals surface area (Å²) >= 11 is 0. The van der Waals surface area contributed by atoms with Gasteiger partial charge in [0, 0.05) is 18.5 Å². The fourth-order valence-electron chi connectivity index (χ4n) is 3.01. The maximum atomic E-state index is 12.4. The van der Waals surface area contributed by atoms with E-state index in [9.17, 15) is 9.59 Å². The standard InChI is InChI=1S/C15H29N3O2/c1-15(2,3)9-11(16)8-14(20)18(10-13(17)19)12-6-4-5-7-12/h11-12H,4-10,16H2,1-3H3,(H2,17,19). The Kier molecular flexibility index (Phi) is 5.99. The van der Waals surface area contributed by atoms with Crippen molar-refractivity contribution in [3.8, 4) is 0 Å². The predicted molar refractivity (Wildman–Crippen MR) is 79.8 cm³/mol. The van der Waals surface area contributed by atoms with Crippen LogP contribution in [0.15, 0.2) is 0 Å². The van der Waals surface area contributed by atoms with E-state index in [1.54, 1.807) is 4.90 Å². The summed E-state index contributed by atoms with van der Waals surface area (Å²) in [7, 11) is 0. The van der Waals surface area contributed by atoms with Gasteiger partial charge in [0.05, 0.1) is 6.54 Å². The van der Waals surface area contributed by atoms with Gasteiger partial charge in [-0.15, -0.1) is 0 Å². The molecule has 0 aromatic rings. The molecule has 116 valence electrons. The summed E-state index contributed by atoms with van der Waals surface area (Å²) in [5.74, 6) is -0.484. The van der Waals surface area contributed by atoms with E-state index in [1.807, 2.05) is 0 Å². The van der Waals surface area contributed by atoms with Crippen LogP contribution in [0.3, 0.4) is 0 Å². The Morgan fingerprint density at radius 2 is 1.80 bits per heavy atom. The summed E-state index contributed by atoms with van der Waals surface area (Å²) in [5, 5.41) is 0. The lowest BCUT2D eigenvalue weighted by Gasteiger charge is -2.30. The molecular formula is C15H29N3O2. The monoisotopic (exact) mass is 283 g/mol. The van der Waals surface area contributed by atoms with Gasteiger partial charge in [-0.25, -0.2) is 0 Å². The molecule has 20 heavy (non-hydrogen) atoms. The van der Waals surface area contributed by atoms with Crippen LogP contribution >= 0.6 is 0 Å². The number of rotatable bonds is 6. The van der Waals surface area contributed by atoms with Gasteiger partial charge in [0.25, 0.3) is 0 Å². The normalized spacial score (nSPS) is 18.0. The Labute approximate surface area is 122 Å². The third kappa shape index (κ3) is 5.90. The lowest BCUT2D eigenvalue weighted by molar-refractivity contribution is -0.137. The highest BCUT2D eigenvalue weighted by Crippen LogP contribution is 2.25. The average Bonchev–Trinajstić information content (AvgIpc) is 2.75. The Bertz CT molecular complexity index is 344. The highest BCUT2D eigenvalue weighted by atomic mass is 16.2. The first-order valence-electron chi connectivity index (χ1n) is 7.52. The summed E-state index contributed by atoms with van der Waals surface area (Å²) in [4.78, 5) is 25.2. The van der Waals surface area contributed by atoms with Crippen LogP contribution in [0, 0.1) is 5.41 Å². The molecule has 0 aliphatic heterocycles. The van der Waals surface area contributed by atoms with Crippen molar-refractivity contribution in [3.05, 3.63) is 0 Å². The number of carbonyl (C=O) groups excluding carboxylic acids is 2. The molecule has 1 fully saturated rings. The summed E-state index contributed by atoms with van der Waals surface area (Å²) < 4.78 is 0. The molecule has 2 amide bonds. The van der Waals surface area contributed by atoms with Crippen molar-refractivity contribution >= 4 is 11.8 Å². The predicted octanol–water partition coefficient (Wildman–Crippen LogP) is 1.40. The van der Waals surface area contributed by atoms with Crippen molar-refractivity contribution < 1.29 is 9.59 Å². The molecular weight excluding hydrogens is 254 g/mol. The lowest BCUT2D eigenvalue weighted by atomic mass is 9.87. The van der Waals surface area contributed by atoms with Gasteiger partial charge in [-0.1, -0.05) is 33.6 Å². The van der Waals surface area contributed by atoms with Crippen LogP contribution in [0.5, 0.6) is 0 Å². The van der Waals surface area contributed by atoms with Crippen LogP contribution < -0.4 is 11.5 Å². The number of carbonyl (C=O) groups is 2. The molecule has 0 spiro atoms. The SMILES string of the molecule is CC(C)(C)CC(N)CC(=O)N(CC(N)=O)C1CCCC1. The Hall–Kier alpha value is -1.10. The lowest BCUT2D eigenvalue weighted by Crippen LogP contribution is -2.46. The first kappa shape index (κ1) is 17.0. The van der Waals surface area contributed by atoms with Crippen molar-refractivity contribution in [1.82, 2.24) is 4.90 Å². The third-order valence-corrected chi connectivity index (χ3v) is 3.72. The molecule has 1 atom stereocenters. The van der Waals surface area contributed by atoms with Gasteiger partial charge in [0.2, 0.25) is 11.8 Å². The first-order chi connectivity index (χ1) is 9.19. The molecule has 0 bridgehead atoms. The molecule has 1 unspecified atom stereocenters. The fourth-order valence-corrected chi connectivity index (χ4v) is 3.01. The number of hydrogen-bond donors (Lipinski definition) is 2. The second-order valence-corrected chi connectivity index (χ2v) is 7.16. The van der Waals surface area contributed by atoms with Crippen LogP contribution in [-0.2, 0) is 9.59 Å². The maximum Gasteiger partial charge on any atom is 0.237 e. The zero-order valence-electron chi connectivity index (χ0n) is 13.0. The van der Waals surface area contributed by atoms with E-state index in [1.165, 1.54) is 0 Å². The highest BCUT2D eigenvalue weighted by molar-refractivity contribution is 5.84. The third-order valence-electron chi connectivity index (χ3n) is 3.72. The molecule has 1 saturated carbocycles. The Balaban J connectivity index is 2.60. The van der Waals surface area contributed by atoms with E-state index in [4.69, 9.17) is 11.5 Å². The number of hydrogen-bond acceptors (Lipinski definition) is 3. The quantitative estimate of drug-likeness (QED) is 0.772.